The molecule has 1 aliphatic heterocycles. The second kappa shape index (κ2) is 6.41. The second-order valence-electron chi connectivity index (χ2n) is 5.71. The number of carbonyl (C=O) groups is 1. The van der Waals surface area contributed by atoms with E-state index in [4.69, 9.17) is 14.9 Å². The fraction of sp³-hybridized carbons (Fsp3) is 0.667. The van der Waals surface area contributed by atoms with Crippen molar-refractivity contribution in [3.05, 3.63) is 23.2 Å². The first-order valence-corrected chi connectivity index (χ1v) is 7.16. The highest BCUT2D eigenvalue weighted by atomic mass is 16.5. The third-order valence-corrected chi connectivity index (χ3v) is 4.00. The number of piperidine rings is 1. The Hall–Kier alpha value is -1.33. The van der Waals surface area contributed by atoms with Crippen LogP contribution in [0.2, 0.25) is 0 Å². The summed E-state index contributed by atoms with van der Waals surface area (Å²) in [5.41, 5.74) is 6.82. The van der Waals surface area contributed by atoms with Crippen molar-refractivity contribution in [2.24, 2.45) is 11.7 Å². The smallest absolute Gasteiger partial charge is 0.374 e. The monoisotopic (exact) mass is 280 g/mol. The minimum atomic E-state index is -0.416. The summed E-state index contributed by atoms with van der Waals surface area (Å²) < 4.78 is 10.3. The molecule has 0 bridgehead atoms. The second-order valence-corrected chi connectivity index (χ2v) is 5.71. The first-order chi connectivity index (χ1) is 9.51. The van der Waals surface area contributed by atoms with Crippen LogP contribution in [-0.2, 0) is 11.3 Å². The molecule has 0 spiro atoms. The average Bonchev–Trinajstić information content (AvgIpc) is 2.79. The van der Waals surface area contributed by atoms with Gasteiger partial charge in [0, 0.05) is 18.2 Å². The number of hydrogen-bond donors (Lipinski definition) is 1. The highest BCUT2D eigenvalue weighted by molar-refractivity contribution is 5.87. The van der Waals surface area contributed by atoms with Gasteiger partial charge >= 0.3 is 5.97 Å². The van der Waals surface area contributed by atoms with Gasteiger partial charge < -0.3 is 14.9 Å². The summed E-state index contributed by atoms with van der Waals surface area (Å²) in [6.45, 7) is 6.70. The zero-order valence-electron chi connectivity index (χ0n) is 12.5. The molecule has 0 amide bonds. The average molecular weight is 280 g/mol. The molecule has 2 N–H and O–H groups in total. The molecular formula is C15H24N2O3. The first kappa shape index (κ1) is 15.1. The Morgan fingerprint density at radius 1 is 1.65 bits per heavy atom. The molecule has 20 heavy (non-hydrogen) atoms. The van der Waals surface area contributed by atoms with E-state index < -0.39 is 5.97 Å². The lowest BCUT2D eigenvalue weighted by Crippen LogP contribution is -2.41. The van der Waals surface area contributed by atoms with E-state index >= 15 is 0 Å². The molecule has 112 valence electrons. The topological polar surface area (TPSA) is 68.7 Å². The van der Waals surface area contributed by atoms with Gasteiger partial charge in [-0.25, -0.2) is 4.79 Å². The summed E-state index contributed by atoms with van der Waals surface area (Å²) in [4.78, 5) is 13.9. The molecule has 0 aromatic carbocycles. The van der Waals surface area contributed by atoms with Crippen molar-refractivity contribution >= 4 is 5.97 Å². The van der Waals surface area contributed by atoms with Gasteiger partial charge in [-0.05, 0) is 45.2 Å². The maximum absolute atomic E-state index is 11.5. The molecule has 2 heterocycles. The number of esters is 1. The number of carbonyl (C=O) groups excluding carboxylic acids is 1. The van der Waals surface area contributed by atoms with Crippen molar-refractivity contribution in [1.82, 2.24) is 4.90 Å². The number of ether oxygens (including phenoxy) is 1. The fourth-order valence-corrected chi connectivity index (χ4v) is 2.81. The van der Waals surface area contributed by atoms with Crippen LogP contribution < -0.4 is 5.73 Å². The number of methoxy groups -OCH3 is 1. The Balaban J connectivity index is 2.01. The summed E-state index contributed by atoms with van der Waals surface area (Å²) in [5.74, 6) is 1.25. The molecule has 1 fully saturated rings. The quantitative estimate of drug-likeness (QED) is 0.854. The number of rotatable bonds is 4. The van der Waals surface area contributed by atoms with Crippen molar-refractivity contribution < 1.29 is 13.9 Å². The fourth-order valence-electron chi connectivity index (χ4n) is 2.81. The van der Waals surface area contributed by atoms with E-state index in [2.05, 4.69) is 11.8 Å². The Morgan fingerprint density at radius 3 is 3.05 bits per heavy atom. The van der Waals surface area contributed by atoms with Crippen LogP contribution in [0.4, 0.5) is 0 Å². The summed E-state index contributed by atoms with van der Waals surface area (Å²) >= 11 is 0. The molecule has 5 nitrogen and oxygen atoms in total. The van der Waals surface area contributed by atoms with Gasteiger partial charge in [0.2, 0.25) is 5.76 Å². The lowest BCUT2D eigenvalue weighted by Gasteiger charge is -2.34. The maximum Gasteiger partial charge on any atom is 0.374 e. The normalized spacial score (nSPS) is 21.7. The molecular weight excluding hydrogens is 256 g/mol. The van der Waals surface area contributed by atoms with Gasteiger partial charge in [-0.1, -0.05) is 0 Å². The molecule has 2 atom stereocenters. The summed E-state index contributed by atoms with van der Waals surface area (Å²) in [6.07, 6.45) is 2.36. The number of hydrogen-bond acceptors (Lipinski definition) is 5. The zero-order valence-corrected chi connectivity index (χ0v) is 12.5. The van der Waals surface area contributed by atoms with Gasteiger partial charge in [-0.15, -0.1) is 0 Å². The molecule has 2 unspecified atom stereocenters. The van der Waals surface area contributed by atoms with E-state index in [0.717, 1.165) is 37.4 Å². The number of nitrogens with zero attached hydrogens (tertiary/aromatic N) is 1. The van der Waals surface area contributed by atoms with Crippen LogP contribution >= 0.6 is 0 Å². The molecule has 0 saturated carbocycles. The third-order valence-electron chi connectivity index (χ3n) is 4.00. The number of aryl methyl sites for hydroxylation is 1. The van der Waals surface area contributed by atoms with Crippen molar-refractivity contribution in [3.8, 4) is 0 Å². The van der Waals surface area contributed by atoms with Crippen LogP contribution in [0.25, 0.3) is 0 Å². The van der Waals surface area contributed by atoms with Crippen molar-refractivity contribution in [3.63, 3.8) is 0 Å². The molecule has 0 radical (unpaired) electrons. The van der Waals surface area contributed by atoms with Gasteiger partial charge in [0.25, 0.3) is 0 Å². The summed E-state index contributed by atoms with van der Waals surface area (Å²) in [5, 5.41) is 0. The van der Waals surface area contributed by atoms with Gasteiger partial charge in [0.15, 0.2) is 0 Å². The Labute approximate surface area is 120 Å². The Bertz CT molecular complexity index is 468. The van der Waals surface area contributed by atoms with Crippen LogP contribution in [0.1, 0.15) is 41.6 Å². The number of nitrogens with two attached hydrogens (primary N) is 1. The lowest BCUT2D eigenvalue weighted by atomic mass is 9.92. The van der Waals surface area contributed by atoms with E-state index in [1.54, 1.807) is 0 Å². The molecule has 5 heteroatoms. The zero-order chi connectivity index (χ0) is 14.7. The van der Waals surface area contributed by atoms with Gasteiger partial charge in [0.1, 0.15) is 5.76 Å². The minimum Gasteiger partial charge on any atom is -0.463 e. The molecule has 1 aliphatic rings. The molecule has 1 saturated heterocycles. The van der Waals surface area contributed by atoms with Crippen LogP contribution in [0.3, 0.4) is 0 Å². The van der Waals surface area contributed by atoms with Gasteiger partial charge in [-0.3, -0.25) is 4.90 Å². The lowest BCUT2D eigenvalue weighted by molar-refractivity contribution is 0.0558. The van der Waals surface area contributed by atoms with E-state index in [0.29, 0.717) is 11.7 Å². The van der Waals surface area contributed by atoms with Gasteiger partial charge in [0.05, 0.1) is 13.7 Å². The number of furan rings is 1. The van der Waals surface area contributed by atoms with E-state index in [1.165, 1.54) is 13.5 Å². The highest BCUT2D eigenvalue weighted by Crippen LogP contribution is 2.22. The van der Waals surface area contributed by atoms with Gasteiger partial charge in [-0.2, -0.15) is 0 Å². The maximum atomic E-state index is 11.5. The van der Waals surface area contributed by atoms with Crippen LogP contribution in [0, 0.1) is 12.8 Å². The minimum absolute atomic E-state index is 0.224. The van der Waals surface area contributed by atoms with Crippen molar-refractivity contribution in [2.45, 2.75) is 39.3 Å². The molecule has 1 aromatic heterocycles. The predicted molar refractivity (Wildman–Crippen MR) is 76.4 cm³/mol. The van der Waals surface area contributed by atoms with E-state index in [9.17, 15) is 4.79 Å². The van der Waals surface area contributed by atoms with E-state index in [-0.39, 0.29) is 6.04 Å². The van der Waals surface area contributed by atoms with Crippen LogP contribution in [-0.4, -0.2) is 37.1 Å². The number of likely N-dealkylation sites (tertiary alicyclic amines) is 1. The third kappa shape index (κ3) is 3.41. The largest absolute Gasteiger partial charge is 0.463 e. The highest BCUT2D eigenvalue weighted by Gasteiger charge is 2.24. The summed E-state index contributed by atoms with van der Waals surface area (Å²) in [6, 6.07) is 2.14. The SMILES string of the molecule is COC(=O)c1oc(CN2CCCC(C(C)N)C2)cc1C. The van der Waals surface area contributed by atoms with Crippen LogP contribution in [0.5, 0.6) is 0 Å². The molecule has 0 aliphatic carbocycles. The Morgan fingerprint density at radius 2 is 2.40 bits per heavy atom. The standard InChI is InChI=1S/C15H24N2O3/c1-10-7-13(20-14(10)15(18)19-3)9-17-6-4-5-12(8-17)11(2)16/h7,11-12H,4-6,8-9,16H2,1-3H3. The van der Waals surface area contributed by atoms with Crippen LogP contribution in [0.15, 0.2) is 10.5 Å². The Kier molecular flexibility index (Phi) is 4.83. The van der Waals surface area contributed by atoms with Crippen molar-refractivity contribution in [2.75, 3.05) is 20.2 Å². The van der Waals surface area contributed by atoms with Crippen molar-refractivity contribution in [1.29, 1.82) is 0 Å². The van der Waals surface area contributed by atoms with E-state index in [1.807, 2.05) is 13.0 Å². The predicted octanol–water partition coefficient (Wildman–Crippen LogP) is 1.93. The first-order valence-electron chi connectivity index (χ1n) is 7.16. The molecule has 1 aromatic rings. The molecule has 2 rings (SSSR count). The summed E-state index contributed by atoms with van der Waals surface area (Å²) in [7, 11) is 1.36.